The first-order valence-corrected chi connectivity index (χ1v) is 6.51. The Labute approximate surface area is 94.0 Å². The summed E-state index contributed by atoms with van der Waals surface area (Å²) in [6, 6.07) is 0.421. The molecular formula is C13H25NO. The Bertz CT molecular complexity index is 199. The highest BCUT2D eigenvalue weighted by atomic mass is 16.2. The van der Waals surface area contributed by atoms with E-state index in [-0.39, 0.29) is 0 Å². The highest BCUT2D eigenvalue weighted by Crippen LogP contribution is 2.29. The van der Waals surface area contributed by atoms with Gasteiger partial charge in [-0.3, -0.25) is 4.79 Å². The minimum atomic E-state index is 0.357. The van der Waals surface area contributed by atoms with Gasteiger partial charge in [0.2, 0.25) is 5.91 Å². The highest BCUT2D eigenvalue weighted by Gasteiger charge is 2.30. The number of hydrogen-bond acceptors (Lipinski definition) is 1. The molecule has 2 heteroatoms. The summed E-state index contributed by atoms with van der Waals surface area (Å²) in [5.74, 6) is 0.778. The van der Waals surface area contributed by atoms with Gasteiger partial charge < -0.3 is 4.90 Å². The van der Waals surface area contributed by atoms with Crippen LogP contribution in [0.2, 0.25) is 0 Å². The van der Waals surface area contributed by atoms with Crippen LogP contribution >= 0.6 is 0 Å². The summed E-state index contributed by atoms with van der Waals surface area (Å²) in [5.41, 5.74) is 0. The Balaban J connectivity index is 2.49. The lowest BCUT2D eigenvalue weighted by Gasteiger charge is -2.35. The molecule has 0 N–H and O–H groups in total. The van der Waals surface area contributed by atoms with Crippen LogP contribution in [0.1, 0.15) is 59.3 Å². The molecule has 1 atom stereocenters. The zero-order chi connectivity index (χ0) is 11.3. The normalized spacial score (nSPS) is 18.3. The van der Waals surface area contributed by atoms with E-state index in [0.717, 1.165) is 32.2 Å². The molecule has 0 saturated heterocycles. The fourth-order valence-corrected chi connectivity index (χ4v) is 1.99. The van der Waals surface area contributed by atoms with Gasteiger partial charge in [-0.2, -0.15) is 0 Å². The van der Waals surface area contributed by atoms with E-state index in [9.17, 15) is 4.79 Å². The van der Waals surface area contributed by atoms with Crippen molar-refractivity contribution >= 4 is 5.91 Å². The quantitative estimate of drug-likeness (QED) is 0.660. The average Bonchev–Trinajstić information content (AvgIpc) is 2.15. The molecule has 0 aromatic heterocycles. The smallest absolute Gasteiger partial charge is 0.225 e. The molecular weight excluding hydrogens is 186 g/mol. The van der Waals surface area contributed by atoms with E-state index in [2.05, 4.69) is 25.7 Å². The van der Waals surface area contributed by atoms with Gasteiger partial charge in [0.1, 0.15) is 0 Å². The summed E-state index contributed by atoms with van der Waals surface area (Å²) in [6.45, 7) is 7.48. The lowest BCUT2D eigenvalue weighted by Crippen LogP contribution is -2.44. The molecule has 1 aliphatic carbocycles. The first-order valence-electron chi connectivity index (χ1n) is 6.51. The maximum atomic E-state index is 12.2. The second-order valence-electron chi connectivity index (χ2n) is 4.77. The topological polar surface area (TPSA) is 20.3 Å². The molecule has 1 saturated carbocycles. The Hall–Kier alpha value is -0.530. The van der Waals surface area contributed by atoms with Gasteiger partial charge in [-0.15, -0.1) is 0 Å². The molecule has 1 amide bonds. The van der Waals surface area contributed by atoms with Crippen molar-refractivity contribution in [2.24, 2.45) is 5.92 Å². The molecule has 15 heavy (non-hydrogen) atoms. The predicted octanol–water partition coefficient (Wildman–Crippen LogP) is 3.21. The van der Waals surface area contributed by atoms with Crippen molar-refractivity contribution < 1.29 is 4.79 Å². The standard InChI is InChI=1S/C13H25NO/c1-4-6-10-14(11(3)5-2)13(15)12-8-7-9-12/h11-12H,4-10H2,1-3H3. The van der Waals surface area contributed by atoms with Crippen molar-refractivity contribution in [3.05, 3.63) is 0 Å². The molecule has 0 aromatic rings. The number of unbranched alkanes of at least 4 members (excludes halogenated alkanes) is 1. The number of nitrogens with zero attached hydrogens (tertiary/aromatic N) is 1. The van der Waals surface area contributed by atoms with Gasteiger partial charge in [0, 0.05) is 18.5 Å². The molecule has 1 fully saturated rings. The largest absolute Gasteiger partial charge is 0.340 e. The van der Waals surface area contributed by atoms with Gasteiger partial charge in [-0.1, -0.05) is 26.7 Å². The van der Waals surface area contributed by atoms with Crippen LogP contribution in [0.15, 0.2) is 0 Å². The lowest BCUT2D eigenvalue weighted by atomic mass is 9.84. The van der Waals surface area contributed by atoms with Gasteiger partial charge >= 0.3 is 0 Å². The monoisotopic (exact) mass is 211 g/mol. The van der Waals surface area contributed by atoms with E-state index in [0.29, 0.717) is 17.9 Å². The van der Waals surface area contributed by atoms with Crippen molar-refractivity contribution in [3.8, 4) is 0 Å². The number of hydrogen-bond donors (Lipinski definition) is 0. The van der Waals surface area contributed by atoms with Crippen molar-refractivity contribution in [2.75, 3.05) is 6.54 Å². The third-order valence-electron chi connectivity index (χ3n) is 3.61. The van der Waals surface area contributed by atoms with Crippen molar-refractivity contribution in [1.29, 1.82) is 0 Å². The van der Waals surface area contributed by atoms with Crippen LogP contribution in [0.5, 0.6) is 0 Å². The minimum Gasteiger partial charge on any atom is -0.340 e. The van der Waals surface area contributed by atoms with Gasteiger partial charge in [-0.25, -0.2) is 0 Å². The number of amides is 1. The Morgan fingerprint density at radius 1 is 1.40 bits per heavy atom. The fraction of sp³-hybridized carbons (Fsp3) is 0.923. The van der Waals surface area contributed by atoms with Gasteiger partial charge in [-0.05, 0) is 32.6 Å². The molecule has 0 aromatic carbocycles. The maximum Gasteiger partial charge on any atom is 0.225 e. The summed E-state index contributed by atoms with van der Waals surface area (Å²) in [6.07, 6.45) is 6.88. The summed E-state index contributed by atoms with van der Waals surface area (Å²) in [7, 11) is 0. The van der Waals surface area contributed by atoms with Crippen LogP contribution in [0.25, 0.3) is 0 Å². The third kappa shape index (κ3) is 3.22. The molecule has 0 spiro atoms. The van der Waals surface area contributed by atoms with E-state index in [4.69, 9.17) is 0 Å². The molecule has 0 bridgehead atoms. The highest BCUT2D eigenvalue weighted by molar-refractivity contribution is 5.79. The third-order valence-corrected chi connectivity index (χ3v) is 3.61. The first kappa shape index (κ1) is 12.5. The van der Waals surface area contributed by atoms with Crippen LogP contribution in [0.3, 0.4) is 0 Å². The van der Waals surface area contributed by atoms with Gasteiger partial charge in [0.05, 0.1) is 0 Å². The average molecular weight is 211 g/mol. The second-order valence-corrected chi connectivity index (χ2v) is 4.77. The number of carbonyl (C=O) groups excluding carboxylic acids is 1. The van der Waals surface area contributed by atoms with E-state index < -0.39 is 0 Å². The maximum absolute atomic E-state index is 12.2. The van der Waals surface area contributed by atoms with E-state index in [1.165, 1.54) is 12.8 Å². The van der Waals surface area contributed by atoms with Crippen molar-refractivity contribution in [3.63, 3.8) is 0 Å². The fourth-order valence-electron chi connectivity index (χ4n) is 1.99. The summed E-state index contributed by atoms with van der Waals surface area (Å²) < 4.78 is 0. The molecule has 0 radical (unpaired) electrons. The minimum absolute atomic E-state index is 0.357. The van der Waals surface area contributed by atoms with Crippen LogP contribution in [-0.2, 0) is 4.79 Å². The molecule has 2 nitrogen and oxygen atoms in total. The number of carbonyl (C=O) groups is 1. The Kier molecular flexibility index (Phi) is 5.13. The van der Waals surface area contributed by atoms with E-state index in [1.54, 1.807) is 0 Å². The van der Waals surface area contributed by atoms with E-state index in [1.807, 2.05) is 0 Å². The van der Waals surface area contributed by atoms with Crippen LogP contribution in [-0.4, -0.2) is 23.4 Å². The first-order chi connectivity index (χ1) is 7.20. The zero-order valence-electron chi connectivity index (χ0n) is 10.5. The molecule has 1 unspecified atom stereocenters. The lowest BCUT2D eigenvalue weighted by molar-refractivity contribution is -0.140. The van der Waals surface area contributed by atoms with Gasteiger partial charge in [0.15, 0.2) is 0 Å². The predicted molar refractivity (Wildman–Crippen MR) is 63.7 cm³/mol. The summed E-state index contributed by atoms with van der Waals surface area (Å²) in [5, 5.41) is 0. The second kappa shape index (κ2) is 6.14. The summed E-state index contributed by atoms with van der Waals surface area (Å²) >= 11 is 0. The Morgan fingerprint density at radius 2 is 2.07 bits per heavy atom. The summed E-state index contributed by atoms with van der Waals surface area (Å²) in [4.78, 5) is 14.3. The van der Waals surface area contributed by atoms with Crippen molar-refractivity contribution in [2.45, 2.75) is 65.3 Å². The Morgan fingerprint density at radius 3 is 2.47 bits per heavy atom. The molecule has 1 rings (SSSR count). The van der Waals surface area contributed by atoms with Gasteiger partial charge in [0.25, 0.3) is 0 Å². The van der Waals surface area contributed by atoms with Crippen LogP contribution in [0.4, 0.5) is 0 Å². The van der Waals surface area contributed by atoms with E-state index >= 15 is 0 Å². The molecule has 88 valence electrons. The SMILES string of the molecule is CCCCN(C(=O)C1CCC1)C(C)CC. The van der Waals surface area contributed by atoms with Crippen LogP contribution < -0.4 is 0 Å². The number of rotatable bonds is 6. The van der Waals surface area contributed by atoms with Crippen LogP contribution in [0, 0.1) is 5.92 Å². The molecule has 0 aliphatic heterocycles. The molecule has 0 heterocycles. The van der Waals surface area contributed by atoms with Crippen molar-refractivity contribution in [1.82, 2.24) is 4.90 Å². The molecule has 1 aliphatic rings. The zero-order valence-corrected chi connectivity index (χ0v) is 10.5.